The van der Waals surface area contributed by atoms with Gasteiger partial charge in [-0.15, -0.1) is 0 Å². The van der Waals surface area contributed by atoms with Gasteiger partial charge in [-0.2, -0.15) is 0 Å². The molecule has 94 valence electrons. The van der Waals surface area contributed by atoms with Gasteiger partial charge in [0, 0.05) is 52.2 Å². The van der Waals surface area contributed by atoms with Crippen molar-refractivity contribution in [3.05, 3.63) is 0 Å². The predicted molar refractivity (Wildman–Crippen MR) is 65.2 cm³/mol. The minimum Gasteiger partial charge on any atom is -0.340 e. The Bertz CT molecular complexity index is 212. The molecule has 1 aliphatic heterocycles. The maximum absolute atomic E-state index is 11.6. The van der Waals surface area contributed by atoms with E-state index < -0.39 is 0 Å². The van der Waals surface area contributed by atoms with Crippen LogP contribution in [0.1, 0.15) is 6.42 Å². The fraction of sp³-hybridized carbons (Fsp3) is 0.909. The third-order valence-electron chi connectivity index (χ3n) is 2.95. The van der Waals surface area contributed by atoms with Crippen LogP contribution in [0.3, 0.4) is 0 Å². The Kier molecular flexibility index (Phi) is 5.73. The van der Waals surface area contributed by atoms with Crippen LogP contribution >= 0.6 is 0 Å². The van der Waals surface area contributed by atoms with Crippen LogP contribution in [0.5, 0.6) is 0 Å². The molecule has 5 heteroatoms. The number of rotatable bonds is 5. The van der Waals surface area contributed by atoms with Crippen molar-refractivity contribution in [3.63, 3.8) is 0 Å². The topological polar surface area (TPSA) is 52.8 Å². The summed E-state index contributed by atoms with van der Waals surface area (Å²) in [6.45, 7) is 6.31. The van der Waals surface area contributed by atoms with E-state index in [-0.39, 0.29) is 5.91 Å². The first-order valence-corrected chi connectivity index (χ1v) is 5.98. The summed E-state index contributed by atoms with van der Waals surface area (Å²) >= 11 is 0. The van der Waals surface area contributed by atoms with Crippen LogP contribution in [-0.4, -0.2) is 80.5 Å². The standard InChI is InChI=1S/C11H24N4O/c1-13(2)5-6-14-7-9-15(10-8-14)11(16)3-4-12/h3-10,12H2,1-2H3. The molecule has 0 saturated carbocycles. The fourth-order valence-electron chi connectivity index (χ4n) is 1.84. The van der Waals surface area contributed by atoms with Crippen LogP contribution in [0.2, 0.25) is 0 Å². The lowest BCUT2D eigenvalue weighted by Gasteiger charge is -2.35. The number of amides is 1. The average Bonchev–Trinajstić information content (AvgIpc) is 2.27. The van der Waals surface area contributed by atoms with E-state index in [4.69, 9.17) is 5.73 Å². The minimum absolute atomic E-state index is 0.203. The smallest absolute Gasteiger partial charge is 0.223 e. The number of nitrogens with zero attached hydrogens (tertiary/aromatic N) is 3. The molecular formula is C11H24N4O. The van der Waals surface area contributed by atoms with Crippen LogP contribution in [0, 0.1) is 0 Å². The molecule has 1 amide bonds. The van der Waals surface area contributed by atoms with Gasteiger partial charge in [-0.25, -0.2) is 0 Å². The second-order valence-electron chi connectivity index (χ2n) is 4.56. The largest absolute Gasteiger partial charge is 0.340 e. The average molecular weight is 228 g/mol. The first-order valence-electron chi connectivity index (χ1n) is 5.98. The van der Waals surface area contributed by atoms with Gasteiger partial charge in [-0.1, -0.05) is 0 Å². The lowest BCUT2D eigenvalue weighted by molar-refractivity contribution is -0.132. The molecule has 1 saturated heterocycles. The minimum atomic E-state index is 0.203. The molecule has 1 aliphatic rings. The molecule has 16 heavy (non-hydrogen) atoms. The van der Waals surface area contributed by atoms with Crippen LogP contribution in [0.4, 0.5) is 0 Å². The van der Waals surface area contributed by atoms with Gasteiger partial charge in [0.2, 0.25) is 5.91 Å². The Morgan fingerprint density at radius 3 is 2.38 bits per heavy atom. The number of piperazine rings is 1. The van der Waals surface area contributed by atoms with Crippen molar-refractivity contribution < 1.29 is 4.79 Å². The summed E-state index contributed by atoms with van der Waals surface area (Å²) in [6.07, 6.45) is 0.484. The third kappa shape index (κ3) is 4.47. The number of likely N-dealkylation sites (N-methyl/N-ethyl adjacent to an activating group) is 1. The van der Waals surface area contributed by atoms with Crippen molar-refractivity contribution in [1.29, 1.82) is 0 Å². The monoisotopic (exact) mass is 228 g/mol. The Labute approximate surface area is 98.2 Å². The molecule has 0 aromatic heterocycles. The molecule has 5 nitrogen and oxygen atoms in total. The van der Waals surface area contributed by atoms with Gasteiger partial charge < -0.3 is 15.5 Å². The van der Waals surface area contributed by atoms with Gasteiger partial charge in [0.15, 0.2) is 0 Å². The fourth-order valence-corrected chi connectivity index (χ4v) is 1.84. The van der Waals surface area contributed by atoms with E-state index in [1.807, 2.05) is 4.90 Å². The van der Waals surface area contributed by atoms with Crippen molar-refractivity contribution >= 4 is 5.91 Å². The molecule has 0 spiro atoms. The van der Waals surface area contributed by atoms with Gasteiger partial charge in [0.05, 0.1) is 0 Å². The Balaban J connectivity index is 2.20. The summed E-state index contributed by atoms with van der Waals surface area (Å²) in [5.74, 6) is 0.203. The highest BCUT2D eigenvalue weighted by Gasteiger charge is 2.19. The zero-order chi connectivity index (χ0) is 12.0. The summed E-state index contributed by atoms with van der Waals surface area (Å²) in [4.78, 5) is 18.1. The van der Waals surface area contributed by atoms with Gasteiger partial charge in [0.25, 0.3) is 0 Å². The van der Waals surface area contributed by atoms with Crippen molar-refractivity contribution in [2.24, 2.45) is 5.73 Å². The van der Waals surface area contributed by atoms with Crippen molar-refractivity contribution in [1.82, 2.24) is 14.7 Å². The molecule has 0 atom stereocenters. The summed E-state index contributed by atoms with van der Waals surface area (Å²) < 4.78 is 0. The van der Waals surface area contributed by atoms with Crippen LogP contribution < -0.4 is 5.73 Å². The maximum Gasteiger partial charge on any atom is 0.223 e. The molecule has 2 N–H and O–H groups in total. The molecule has 1 heterocycles. The van der Waals surface area contributed by atoms with Gasteiger partial charge in [-0.05, 0) is 14.1 Å². The maximum atomic E-state index is 11.6. The third-order valence-corrected chi connectivity index (χ3v) is 2.95. The van der Waals surface area contributed by atoms with E-state index in [0.717, 1.165) is 39.3 Å². The molecule has 0 unspecified atom stereocenters. The van der Waals surface area contributed by atoms with Crippen molar-refractivity contribution in [2.75, 3.05) is 59.9 Å². The van der Waals surface area contributed by atoms with E-state index in [2.05, 4.69) is 23.9 Å². The molecule has 1 rings (SSSR count). The summed E-state index contributed by atoms with van der Waals surface area (Å²) in [5, 5.41) is 0. The number of nitrogens with two attached hydrogens (primary N) is 1. The predicted octanol–water partition coefficient (Wildman–Crippen LogP) is -0.959. The lowest BCUT2D eigenvalue weighted by Crippen LogP contribution is -2.50. The normalized spacial score (nSPS) is 18.1. The van der Waals surface area contributed by atoms with Crippen LogP contribution in [0.15, 0.2) is 0 Å². The van der Waals surface area contributed by atoms with Gasteiger partial charge in [0.1, 0.15) is 0 Å². The molecule has 1 fully saturated rings. The Hall–Kier alpha value is -0.650. The first-order chi connectivity index (χ1) is 7.63. The molecular weight excluding hydrogens is 204 g/mol. The molecule has 0 aromatic carbocycles. The van der Waals surface area contributed by atoms with E-state index in [1.54, 1.807) is 0 Å². The second kappa shape index (κ2) is 6.83. The molecule has 0 radical (unpaired) electrons. The summed E-state index contributed by atoms with van der Waals surface area (Å²) in [5.41, 5.74) is 5.38. The zero-order valence-corrected chi connectivity index (χ0v) is 10.5. The van der Waals surface area contributed by atoms with Crippen molar-refractivity contribution in [3.8, 4) is 0 Å². The molecule has 0 bridgehead atoms. The summed E-state index contributed by atoms with van der Waals surface area (Å²) in [7, 11) is 4.17. The van der Waals surface area contributed by atoms with Gasteiger partial charge >= 0.3 is 0 Å². The molecule has 0 aliphatic carbocycles. The highest BCUT2D eigenvalue weighted by atomic mass is 16.2. The van der Waals surface area contributed by atoms with Crippen LogP contribution in [0.25, 0.3) is 0 Å². The first kappa shape index (κ1) is 13.4. The second-order valence-corrected chi connectivity index (χ2v) is 4.56. The number of carbonyl (C=O) groups excluding carboxylic acids is 1. The van der Waals surface area contributed by atoms with E-state index in [1.165, 1.54) is 0 Å². The van der Waals surface area contributed by atoms with E-state index in [9.17, 15) is 4.79 Å². The van der Waals surface area contributed by atoms with E-state index in [0.29, 0.717) is 13.0 Å². The highest BCUT2D eigenvalue weighted by Crippen LogP contribution is 2.03. The van der Waals surface area contributed by atoms with Crippen molar-refractivity contribution in [2.45, 2.75) is 6.42 Å². The SMILES string of the molecule is CN(C)CCN1CCN(C(=O)CCN)CC1. The lowest BCUT2D eigenvalue weighted by atomic mass is 10.2. The van der Waals surface area contributed by atoms with E-state index >= 15 is 0 Å². The highest BCUT2D eigenvalue weighted by molar-refractivity contribution is 5.76. The Morgan fingerprint density at radius 1 is 1.25 bits per heavy atom. The molecule has 0 aromatic rings. The van der Waals surface area contributed by atoms with Crippen LogP contribution in [-0.2, 0) is 4.79 Å². The number of hydrogen-bond donors (Lipinski definition) is 1. The quantitative estimate of drug-likeness (QED) is 0.658. The Morgan fingerprint density at radius 2 is 1.88 bits per heavy atom. The number of carbonyl (C=O) groups is 1. The summed E-state index contributed by atoms with van der Waals surface area (Å²) in [6, 6.07) is 0. The zero-order valence-electron chi connectivity index (χ0n) is 10.5. The van der Waals surface area contributed by atoms with Gasteiger partial charge in [-0.3, -0.25) is 9.69 Å². The number of hydrogen-bond acceptors (Lipinski definition) is 4.